The number of thioether (sulfide) groups is 1. The van der Waals surface area contributed by atoms with Gasteiger partial charge in [-0.25, -0.2) is 9.55 Å². The third-order valence-electron chi connectivity index (χ3n) is 2.62. The van der Waals surface area contributed by atoms with Gasteiger partial charge in [0.2, 0.25) is 0 Å². The van der Waals surface area contributed by atoms with Crippen molar-refractivity contribution in [1.82, 2.24) is 9.55 Å². The summed E-state index contributed by atoms with van der Waals surface area (Å²) in [7, 11) is 0. The molecule has 0 saturated heterocycles. The highest BCUT2D eigenvalue weighted by molar-refractivity contribution is 7.99. The third-order valence-corrected chi connectivity index (χ3v) is 3.60. The van der Waals surface area contributed by atoms with Crippen molar-refractivity contribution >= 4 is 17.6 Å². The van der Waals surface area contributed by atoms with E-state index in [1.54, 1.807) is 29.7 Å². The van der Waals surface area contributed by atoms with Crippen LogP contribution in [0.5, 0.6) is 5.75 Å². The van der Waals surface area contributed by atoms with Crippen LogP contribution in [0.15, 0.2) is 35.4 Å². The van der Waals surface area contributed by atoms with Gasteiger partial charge < -0.3 is 15.2 Å². The minimum absolute atomic E-state index is 0.00834. The highest BCUT2D eigenvalue weighted by Gasteiger charge is 2.16. The number of nitrogens with zero attached hydrogens (tertiary/aromatic N) is 3. The summed E-state index contributed by atoms with van der Waals surface area (Å²) in [6.45, 7) is 2.24. The maximum absolute atomic E-state index is 10.8. The summed E-state index contributed by atoms with van der Waals surface area (Å²) in [5.41, 5.74) is 0. The molecule has 1 N–H and O–H groups in total. The molecular weight excluding hydrogens is 266 g/mol. The van der Waals surface area contributed by atoms with Crippen molar-refractivity contribution in [2.24, 2.45) is 0 Å². The van der Waals surface area contributed by atoms with E-state index in [9.17, 15) is 15.2 Å². The molecular formula is C12H13N3O3S. The second-order valence-corrected chi connectivity index (χ2v) is 5.09. The summed E-state index contributed by atoms with van der Waals surface area (Å²) >= 11 is 1.53. The zero-order valence-corrected chi connectivity index (χ0v) is 11.1. The Morgan fingerprint density at radius 2 is 2.32 bits per heavy atom. The quantitative estimate of drug-likeness (QED) is 0.517. The molecule has 0 atom stereocenters. The molecule has 0 aliphatic heterocycles. The van der Waals surface area contributed by atoms with E-state index in [2.05, 4.69) is 4.98 Å². The molecule has 2 rings (SSSR count). The molecule has 7 heteroatoms. The summed E-state index contributed by atoms with van der Waals surface area (Å²) in [6, 6.07) is 6.93. The number of phenols is 1. The molecule has 0 radical (unpaired) electrons. The maximum Gasteiger partial charge on any atom is 0.342 e. The number of phenolic OH excluding ortho intramolecular Hbond substituents is 1. The van der Waals surface area contributed by atoms with E-state index >= 15 is 0 Å². The average molecular weight is 279 g/mol. The fourth-order valence-electron chi connectivity index (χ4n) is 1.71. The van der Waals surface area contributed by atoms with E-state index < -0.39 is 4.92 Å². The standard InChI is InChI=1S/C12H13N3O3S/c1-9-13-8-12(15(17)18)14(9)5-6-19-11-4-2-3-10(16)7-11/h2-4,7-8,16H,5-6H2,1H3. The molecule has 1 heterocycles. The maximum atomic E-state index is 10.8. The normalized spacial score (nSPS) is 10.6. The fraction of sp³-hybridized carbons (Fsp3) is 0.250. The molecule has 0 saturated carbocycles. The van der Waals surface area contributed by atoms with Crippen LogP contribution in [0, 0.1) is 17.0 Å². The van der Waals surface area contributed by atoms with Gasteiger partial charge in [-0.3, -0.25) is 0 Å². The second kappa shape index (κ2) is 5.75. The zero-order valence-electron chi connectivity index (χ0n) is 10.3. The molecule has 2 aromatic rings. The van der Waals surface area contributed by atoms with Gasteiger partial charge in [0.25, 0.3) is 0 Å². The molecule has 1 aromatic heterocycles. The van der Waals surface area contributed by atoms with Gasteiger partial charge in [0, 0.05) is 17.6 Å². The van der Waals surface area contributed by atoms with Crippen molar-refractivity contribution in [3.63, 3.8) is 0 Å². The van der Waals surface area contributed by atoms with Crippen LogP contribution in [0.3, 0.4) is 0 Å². The van der Waals surface area contributed by atoms with Crippen molar-refractivity contribution in [1.29, 1.82) is 0 Å². The number of aryl methyl sites for hydroxylation is 1. The smallest absolute Gasteiger partial charge is 0.342 e. The summed E-state index contributed by atoms with van der Waals surface area (Å²) in [5, 5.41) is 20.2. The molecule has 0 aliphatic carbocycles. The second-order valence-electron chi connectivity index (χ2n) is 3.92. The zero-order chi connectivity index (χ0) is 13.8. The summed E-state index contributed by atoms with van der Waals surface area (Å²) in [5.74, 6) is 1.52. The number of nitro groups is 1. The van der Waals surface area contributed by atoms with Crippen LogP contribution in [-0.4, -0.2) is 25.3 Å². The number of hydrogen-bond acceptors (Lipinski definition) is 5. The van der Waals surface area contributed by atoms with Gasteiger partial charge in [-0.05, 0) is 23.1 Å². The number of hydrogen-bond donors (Lipinski definition) is 1. The number of rotatable bonds is 5. The number of aromatic hydroxyl groups is 1. The molecule has 0 aliphatic rings. The molecule has 0 unspecified atom stereocenters. The summed E-state index contributed by atoms with van der Waals surface area (Å²) < 4.78 is 1.58. The van der Waals surface area contributed by atoms with Gasteiger partial charge in [0.15, 0.2) is 5.82 Å². The van der Waals surface area contributed by atoms with Crippen molar-refractivity contribution in [2.75, 3.05) is 5.75 Å². The Morgan fingerprint density at radius 3 is 3.00 bits per heavy atom. The average Bonchev–Trinajstić information content (AvgIpc) is 2.71. The van der Waals surface area contributed by atoms with Crippen molar-refractivity contribution < 1.29 is 10.0 Å². The minimum atomic E-state index is -0.432. The Morgan fingerprint density at radius 1 is 1.53 bits per heavy atom. The molecule has 0 amide bonds. The van der Waals surface area contributed by atoms with Gasteiger partial charge in [0.1, 0.15) is 18.5 Å². The molecule has 0 spiro atoms. The van der Waals surface area contributed by atoms with Crippen LogP contribution in [0.1, 0.15) is 5.82 Å². The van der Waals surface area contributed by atoms with Crippen LogP contribution < -0.4 is 0 Å². The number of aromatic nitrogens is 2. The third kappa shape index (κ3) is 3.25. The monoisotopic (exact) mass is 279 g/mol. The Hall–Kier alpha value is -2.02. The van der Waals surface area contributed by atoms with Crippen LogP contribution in [0.25, 0.3) is 0 Å². The lowest BCUT2D eigenvalue weighted by molar-refractivity contribution is -0.392. The highest BCUT2D eigenvalue weighted by Crippen LogP contribution is 2.23. The van der Waals surface area contributed by atoms with Gasteiger partial charge >= 0.3 is 5.82 Å². The molecule has 19 heavy (non-hydrogen) atoms. The van der Waals surface area contributed by atoms with E-state index in [0.29, 0.717) is 18.1 Å². The number of benzene rings is 1. The first-order valence-electron chi connectivity index (χ1n) is 5.66. The summed E-state index contributed by atoms with van der Waals surface area (Å²) in [4.78, 5) is 15.3. The van der Waals surface area contributed by atoms with Gasteiger partial charge in [-0.1, -0.05) is 6.07 Å². The van der Waals surface area contributed by atoms with E-state index in [-0.39, 0.29) is 11.6 Å². The lowest BCUT2D eigenvalue weighted by Gasteiger charge is -2.03. The topological polar surface area (TPSA) is 81.2 Å². The fourth-order valence-corrected chi connectivity index (χ4v) is 2.59. The summed E-state index contributed by atoms with van der Waals surface area (Å²) in [6.07, 6.45) is 1.27. The van der Waals surface area contributed by atoms with E-state index in [4.69, 9.17) is 0 Å². The SMILES string of the molecule is Cc1ncc([N+](=O)[O-])n1CCSc1cccc(O)c1. The highest BCUT2D eigenvalue weighted by atomic mass is 32.2. The van der Waals surface area contributed by atoms with Gasteiger partial charge in [0.05, 0.1) is 0 Å². The van der Waals surface area contributed by atoms with Crippen LogP contribution in [0.4, 0.5) is 5.82 Å². The predicted octanol–water partition coefficient (Wildman–Crippen LogP) is 2.60. The first kappa shape index (κ1) is 13.4. The van der Waals surface area contributed by atoms with Gasteiger partial charge in [-0.2, -0.15) is 0 Å². The molecule has 0 bridgehead atoms. The molecule has 6 nitrogen and oxygen atoms in total. The van der Waals surface area contributed by atoms with Crippen molar-refractivity contribution in [2.45, 2.75) is 18.4 Å². The van der Waals surface area contributed by atoms with E-state index in [1.807, 2.05) is 6.07 Å². The Bertz CT molecular complexity index is 598. The lowest BCUT2D eigenvalue weighted by atomic mass is 10.3. The first-order valence-corrected chi connectivity index (χ1v) is 6.65. The lowest BCUT2D eigenvalue weighted by Crippen LogP contribution is -2.06. The van der Waals surface area contributed by atoms with Crippen LogP contribution in [-0.2, 0) is 6.54 Å². The predicted molar refractivity (Wildman–Crippen MR) is 72.4 cm³/mol. The molecule has 0 fully saturated rings. The van der Waals surface area contributed by atoms with Crippen LogP contribution in [0.2, 0.25) is 0 Å². The minimum Gasteiger partial charge on any atom is -0.508 e. The molecule has 100 valence electrons. The largest absolute Gasteiger partial charge is 0.508 e. The van der Waals surface area contributed by atoms with Gasteiger partial charge in [-0.15, -0.1) is 11.8 Å². The van der Waals surface area contributed by atoms with Crippen molar-refractivity contribution in [3.8, 4) is 5.75 Å². The molecule has 1 aromatic carbocycles. The van der Waals surface area contributed by atoms with Crippen molar-refractivity contribution in [3.05, 3.63) is 46.4 Å². The Kier molecular flexibility index (Phi) is 4.06. The Labute approximate surface area is 114 Å². The Balaban J connectivity index is 2.00. The van der Waals surface area contributed by atoms with E-state index in [1.165, 1.54) is 18.0 Å². The number of imidazole rings is 1. The van der Waals surface area contributed by atoms with Crippen LogP contribution >= 0.6 is 11.8 Å². The first-order chi connectivity index (χ1) is 9.08. The van der Waals surface area contributed by atoms with E-state index in [0.717, 1.165) is 4.90 Å².